The molecule has 0 radical (unpaired) electrons. The first kappa shape index (κ1) is 21.7. The van der Waals surface area contributed by atoms with Crippen LogP contribution in [0.25, 0.3) is 0 Å². The van der Waals surface area contributed by atoms with E-state index in [1.54, 1.807) is 36.6 Å². The van der Waals surface area contributed by atoms with Gasteiger partial charge in [0, 0.05) is 33.0 Å². The van der Waals surface area contributed by atoms with Crippen molar-refractivity contribution in [3.63, 3.8) is 0 Å². The summed E-state index contributed by atoms with van der Waals surface area (Å²) < 4.78 is 41.6. The van der Waals surface area contributed by atoms with Crippen LogP contribution in [-0.2, 0) is 31.1 Å². The van der Waals surface area contributed by atoms with E-state index in [9.17, 15) is 18.0 Å². The van der Waals surface area contributed by atoms with Gasteiger partial charge < -0.3 is 20.1 Å². The summed E-state index contributed by atoms with van der Waals surface area (Å²) >= 11 is 0. The Kier molecular flexibility index (Phi) is 5.31. The number of fused-ring (bicyclic) bond motifs is 1. The molecule has 1 aliphatic rings. The number of amides is 1. The summed E-state index contributed by atoms with van der Waals surface area (Å²) in [4.78, 5) is 22.8. The molecule has 170 valence electrons. The molecule has 4 heterocycles. The van der Waals surface area contributed by atoms with Crippen LogP contribution in [0.4, 0.5) is 30.6 Å². The minimum atomic E-state index is -4.47. The van der Waals surface area contributed by atoms with Crippen molar-refractivity contribution in [2.45, 2.75) is 39.2 Å². The molecule has 1 amide bonds. The van der Waals surface area contributed by atoms with Gasteiger partial charge in [0.15, 0.2) is 11.5 Å². The zero-order chi connectivity index (χ0) is 23.2. The Balaban J connectivity index is 1.45. The molecule has 3 aromatic rings. The zero-order valence-electron chi connectivity index (χ0n) is 18.0. The molecule has 1 atom stereocenters. The summed E-state index contributed by atoms with van der Waals surface area (Å²) in [6.45, 7) is 4.29. The summed E-state index contributed by atoms with van der Waals surface area (Å²) in [6.07, 6.45) is -0.836. The fourth-order valence-corrected chi connectivity index (χ4v) is 3.48. The highest BCUT2D eigenvalue weighted by molar-refractivity contribution is 6.03. The molecule has 4 rings (SSSR count). The first-order chi connectivity index (χ1) is 15.0. The second-order valence-electron chi connectivity index (χ2n) is 7.80. The van der Waals surface area contributed by atoms with Crippen molar-refractivity contribution in [3.05, 3.63) is 47.2 Å². The minimum Gasteiger partial charge on any atom is -0.350 e. The Bertz CT molecular complexity index is 1170. The molecule has 0 fully saturated rings. The lowest BCUT2D eigenvalue weighted by molar-refractivity contribution is -0.141. The maximum atomic E-state index is 12.9. The van der Waals surface area contributed by atoms with Crippen LogP contribution in [0.15, 0.2) is 24.5 Å². The van der Waals surface area contributed by atoms with Gasteiger partial charge in [-0.15, -0.1) is 0 Å². The molecule has 0 aromatic carbocycles. The number of anilines is 3. The predicted octanol–water partition coefficient (Wildman–Crippen LogP) is 2.78. The smallest absolute Gasteiger partial charge is 0.350 e. The summed E-state index contributed by atoms with van der Waals surface area (Å²) in [7, 11) is 3.30. The Labute approximate surface area is 182 Å². The highest BCUT2D eigenvalue weighted by Crippen LogP contribution is 2.32. The van der Waals surface area contributed by atoms with Crippen molar-refractivity contribution >= 4 is 23.4 Å². The molecule has 1 aliphatic heterocycles. The van der Waals surface area contributed by atoms with Crippen LogP contribution in [0.2, 0.25) is 0 Å². The second-order valence-corrected chi connectivity index (χ2v) is 7.80. The van der Waals surface area contributed by atoms with Crippen LogP contribution in [0.5, 0.6) is 0 Å². The van der Waals surface area contributed by atoms with E-state index in [0.717, 1.165) is 11.6 Å². The third-order valence-corrected chi connectivity index (χ3v) is 5.49. The van der Waals surface area contributed by atoms with Crippen molar-refractivity contribution in [2.75, 3.05) is 22.6 Å². The standard InChI is InChI=1S/C20H23F3N8O/c1-11-16-17(29(3)12(2)18(32)26-16)27-19(25-11)24-8-13-5-6-31(9-13)10-14-7-15(20(21,22)23)28-30(14)4/h5-7,9,12H,8,10H2,1-4H3,(H,26,32)(H,24,25,27)/t12-/m0/s1. The van der Waals surface area contributed by atoms with E-state index in [2.05, 4.69) is 25.7 Å². The summed E-state index contributed by atoms with van der Waals surface area (Å²) in [5, 5.41) is 9.55. The normalized spacial score (nSPS) is 16.2. The summed E-state index contributed by atoms with van der Waals surface area (Å²) in [5.74, 6) is 0.955. The van der Waals surface area contributed by atoms with Gasteiger partial charge in [0.25, 0.3) is 0 Å². The maximum Gasteiger partial charge on any atom is 0.435 e. The third-order valence-electron chi connectivity index (χ3n) is 5.49. The Morgan fingerprint density at radius 2 is 2.00 bits per heavy atom. The van der Waals surface area contributed by atoms with E-state index in [0.29, 0.717) is 35.4 Å². The summed E-state index contributed by atoms with van der Waals surface area (Å²) in [5.41, 5.74) is 1.71. The van der Waals surface area contributed by atoms with Crippen molar-refractivity contribution in [2.24, 2.45) is 7.05 Å². The van der Waals surface area contributed by atoms with Crippen LogP contribution < -0.4 is 15.5 Å². The number of aryl methyl sites for hydroxylation is 2. The van der Waals surface area contributed by atoms with Gasteiger partial charge in [0.05, 0.1) is 17.9 Å². The van der Waals surface area contributed by atoms with Gasteiger partial charge in [-0.3, -0.25) is 9.48 Å². The van der Waals surface area contributed by atoms with Crippen LogP contribution in [0.1, 0.15) is 29.6 Å². The Morgan fingerprint density at radius 3 is 2.69 bits per heavy atom. The molecule has 9 nitrogen and oxygen atoms in total. The lowest BCUT2D eigenvalue weighted by atomic mass is 10.2. The molecule has 0 unspecified atom stereocenters. The SMILES string of the molecule is Cc1nc(NCc2ccn(Cc3cc(C(F)(F)F)nn3C)c2)nc2c1NC(=O)[C@H](C)N2C. The maximum absolute atomic E-state index is 12.9. The number of aromatic nitrogens is 5. The number of halogens is 3. The minimum absolute atomic E-state index is 0.107. The first-order valence-electron chi connectivity index (χ1n) is 9.94. The van der Waals surface area contributed by atoms with Gasteiger partial charge in [-0.25, -0.2) is 4.98 Å². The van der Waals surface area contributed by atoms with E-state index in [4.69, 9.17) is 0 Å². The van der Waals surface area contributed by atoms with Crippen molar-refractivity contribution < 1.29 is 18.0 Å². The largest absolute Gasteiger partial charge is 0.435 e. The number of hydrogen-bond acceptors (Lipinski definition) is 6. The first-order valence-corrected chi connectivity index (χ1v) is 9.94. The lowest BCUT2D eigenvalue weighted by Crippen LogP contribution is -2.44. The van der Waals surface area contributed by atoms with Crippen molar-refractivity contribution in [1.82, 2.24) is 24.3 Å². The van der Waals surface area contributed by atoms with Crippen LogP contribution in [0, 0.1) is 6.92 Å². The molecule has 2 N–H and O–H groups in total. The highest BCUT2D eigenvalue weighted by Gasteiger charge is 2.34. The number of nitrogens with zero attached hydrogens (tertiary/aromatic N) is 6. The topological polar surface area (TPSA) is 92.9 Å². The average molecular weight is 448 g/mol. The van der Waals surface area contributed by atoms with Crippen LogP contribution in [-0.4, -0.2) is 43.3 Å². The Morgan fingerprint density at radius 1 is 1.25 bits per heavy atom. The van der Waals surface area contributed by atoms with Gasteiger partial charge in [-0.05, 0) is 31.5 Å². The molecule has 0 spiro atoms. The fourth-order valence-electron chi connectivity index (χ4n) is 3.48. The van der Waals surface area contributed by atoms with E-state index in [1.165, 1.54) is 11.7 Å². The van der Waals surface area contributed by atoms with Gasteiger partial charge >= 0.3 is 6.18 Å². The molecule has 0 aliphatic carbocycles. The number of carbonyl (C=O) groups is 1. The van der Waals surface area contributed by atoms with Gasteiger partial charge in [-0.1, -0.05) is 0 Å². The number of rotatable bonds is 5. The molecule has 0 saturated carbocycles. The van der Waals surface area contributed by atoms with Crippen molar-refractivity contribution in [3.8, 4) is 0 Å². The molecule has 12 heteroatoms. The lowest BCUT2D eigenvalue weighted by Gasteiger charge is -2.32. The summed E-state index contributed by atoms with van der Waals surface area (Å²) in [6, 6.07) is 2.58. The van der Waals surface area contributed by atoms with Crippen LogP contribution >= 0.6 is 0 Å². The van der Waals surface area contributed by atoms with E-state index >= 15 is 0 Å². The molecule has 3 aromatic heterocycles. The Hall–Kier alpha value is -3.57. The number of hydrogen-bond donors (Lipinski definition) is 2. The quantitative estimate of drug-likeness (QED) is 0.624. The fraction of sp³-hybridized carbons (Fsp3) is 0.400. The molecule has 0 saturated heterocycles. The monoisotopic (exact) mass is 448 g/mol. The van der Waals surface area contributed by atoms with E-state index < -0.39 is 11.9 Å². The third kappa shape index (κ3) is 4.12. The number of alkyl halides is 3. The molecular weight excluding hydrogens is 425 g/mol. The van der Waals surface area contributed by atoms with E-state index in [-0.39, 0.29) is 18.5 Å². The highest BCUT2D eigenvalue weighted by atomic mass is 19.4. The molecular formula is C20H23F3N8O. The van der Waals surface area contributed by atoms with E-state index in [1.807, 2.05) is 12.3 Å². The number of carbonyl (C=O) groups excluding carboxylic acids is 1. The molecule has 0 bridgehead atoms. The molecule has 32 heavy (non-hydrogen) atoms. The van der Waals surface area contributed by atoms with Gasteiger partial charge in [-0.2, -0.15) is 23.3 Å². The van der Waals surface area contributed by atoms with Crippen molar-refractivity contribution in [1.29, 1.82) is 0 Å². The van der Waals surface area contributed by atoms with Gasteiger partial charge in [0.2, 0.25) is 11.9 Å². The average Bonchev–Trinajstić information content (AvgIpc) is 3.32. The second kappa shape index (κ2) is 7.84. The number of likely N-dealkylation sites (N-methyl/N-ethyl adjacent to an activating group) is 1. The number of nitrogens with one attached hydrogen (secondary N) is 2. The zero-order valence-corrected chi connectivity index (χ0v) is 18.0. The predicted molar refractivity (Wildman–Crippen MR) is 112 cm³/mol. The van der Waals surface area contributed by atoms with Crippen LogP contribution in [0.3, 0.4) is 0 Å². The van der Waals surface area contributed by atoms with Gasteiger partial charge in [0.1, 0.15) is 11.7 Å².